The van der Waals surface area contributed by atoms with E-state index in [0.29, 0.717) is 24.9 Å². The molecule has 130 valence electrons. The van der Waals surface area contributed by atoms with Gasteiger partial charge in [-0.1, -0.05) is 26.0 Å². The van der Waals surface area contributed by atoms with Crippen molar-refractivity contribution in [1.82, 2.24) is 9.80 Å². The van der Waals surface area contributed by atoms with Gasteiger partial charge in [0.2, 0.25) is 5.91 Å². The van der Waals surface area contributed by atoms with Gasteiger partial charge in [-0.3, -0.25) is 9.59 Å². The van der Waals surface area contributed by atoms with E-state index in [-0.39, 0.29) is 11.8 Å². The van der Waals surface area contributed by atoms with E-state index in [4.69, 9.17) is 0 Å². The molecule has 2 aliphatic rings. The minimum atomic E-state index is 0.0893. The molecule has 0 radical (unpaired) electrons. The summed E-state index contributed by atoms with van der Waals surface area (Å²) in [7, 11) is 0. The maximum Gasteiger partial charge on any atom is 0.253 e. The standard InChI is InChI=1S/C20H28N2O2/c1-3-15(2)16-5-7-17(8-6-16)19(23)21-11-4-12-22(14-13-21)20(24)18-9-10-18/h5-8,15,18H,3-4,9-14H2,1-2H3. The topological polar surface area (TPSA) is 40.6 Å². The first kappa shape index (κ1) is 17.0. The minimum absolute atomic E-state index is 0.0893. The Morgan fingerprint density at radius 2 is 1.67 bits per heavy atom. The molecule has 2 fully saturated rings. The molecule has 1 atom stereocenters. The first-order chi connectivity index (χ1) is 11.6. The summed E-state index contributed by atoms with van der Waals surface area (Å²) in [6.45, 7) is 7.22. The van der Waals surface area contributed by atoms with Crippen molar-refractivity contribution in [2.45, 2.75) is 45.4 Å². The second kappa shape index (κ2) is 7.37. The van der Waals surface area contributed by atoms with Crippen LogP contribution in [-0.2, 0) is 4.79 Å². The van der Waals surface area contributed by atoms with Gasteiger partial charge >= 0.3 is 0 Å². The fourth-order valence-electron chi connectivity index (χ4n) is 3.30. The fourth-order valence-corrected chi connectivity index (χ4v) is 3.30. The Morgan fingerprint density at radius 3 is 2.29 bits per heavy atom. The highest BCUT2D eigenvalue weighted by Crippen LogP contribution is 2.31. The summed E-state index contributed by atoms with van der Waals surface area (Å²) < 4.78 is 0. The molecule has 1 aromatic rings. The molecule has 4 heteroatoms. The highest BCUT2D eigenvalue weighted by molar-refractivity contribution is 5.94. The minimum Gasteiger partial charge on any atom is -0.341 e. The normalized spacial score (nSPS) is 19.8. The quantitative estimate of drug-likeness (QED) is 0.851. The van der Waals surface area contributed by atoms with Crippen molar-refractivity contribution in [2.24, 2.45) is 5.92 Å². The molecule has 1 heterocycles. The number of carbonyl (C=O) groups is 2. The predicted molar refractivity (Wildman–Crippen MR) is 95.0 cm³/mol. The van der Waals surface area contributed by atoms with Gasteiger partial charge in [0.25, 0.3) is 5.91 Å². The second-order valence-electron chi connectivity index (χ2n) is 7.18. The highest BCUT2D eigenvalue weighted by Gasteiger charge is 2.34. The molecule has 1 aliphatic heterocycles. The van der Waals surface area contributed by atoms with Gasteiger partial charge in [-0.25, -0.2) is 0 Å². The lowest BCUT2D eigenvalue weighted by Gasteiger charge is -2.22. The number of carbonyl (C=O) groups excluding carboxylic acids is 2. The van der Waals surface area contributed by atoms with E-state index < -0.39 is 0 Å². The Hall–Kier alpha value is -1.84. The summed E-state index contributed by atoms with van der Waals surface area (Å²) >= 11 is 0. The van der Waals surface area contributed by atoms with E-state index in [2.05, 4.69) is 26.0 Å². The van der Waals surface area contributed by atoms with Crippen LogP contribution in [0.2, 0.25) is 0 Å². The molecule has 0 bridgehead atoms. The highest BCUT2D eigenvalue weighted by atomic mass is 16.2. The number of benzene rings is 1. The van der Waals surface area contributed by atoms with Crippen molar-refractivity contribution >= 4 is 11.8 Å². The summed E-state index contributed by atoms with van der Waals surface area (Å²) in [6.07, 6.45) is 4.06. The number of amides is 2. The third-order valence-electron chi connectivity index (χ3n) is 5.36. The SMILES string of the molecule is CCC(C)c1ccc(C(=O)N2CCCN(C(=O)C3CC3)CC2)cc1. The van der Waals surface area contributed by atoms with Crippen LogP contribution in [0.1, 0.15) is 61.4 Å². The Morgan fingerprint density at radius 1 is 1.04 bits per heavy atom. The van der Waals surface area contributed by atoms with Crippen molar-refractivity contribution in [3.63, 3.8) is 0 Å². The summed E-state index contributed by atoms with van der Waals surface area (Å²) in [6, 6.07) is 8.04. The Bertz CT molecular complexity index is 592. The van der Waals surface area contributed by atoms with Crippen LogP contribution in [0.15, 0.2) is 24.3 Å². The monoisotopic (exact) mass is 328 g/mol. The van der Waals surface area contributed by atoms with Gasteiger partial charge in [-0.15, -0.1) is 0 Å². The molecule has 1 aromatic carbocycles. The van der Waals surface area contributed by atoms with Crippen LogP contribution in [0.3, 0.4) is 0 Å². The molecule has 1 unspecified atom stereocenters. The van der Waals surface area contributed by atoms with E-state index in [9.17, 15) is 9.59 Å². The van der Waals surface area contributed by atoms with Crippen molar-refractivity contribution in [3.8, 4) is 0 Å². The van der Waals surface area contributed by atoms with E-state index in [0.717, 1.165) is 44.3 Å². The molecule has 0 aromatic heterocycles. The lowest BCUT2D eigenvalue weighted by atomic mass is 9.97. The molecular formula is C20H28N2O2. The summed E-state index contributed by atoms with van der Waals surface area (Å²) in [5.74, 6) is 1.17. The first-order valence-corrected chi connectivity index (χ1v) is 9.28. The smallest absolute Gasteiger partial charge is 0.253 e. The Kier molecular flexibility index (Phi) is 5.22. The lowest BCUT2D eigenvalue weighted by molar-refractivity contribution is -0.132. The molecular weight excluding hydrogens is 300 g/mol. The van der Waals surface area contributed by atoms with E-state index >= 15 is 0 Å². The van der Waals surface area contributed by atoms with Crippen LogP contribution < -0.4 is 0 Å². The van der Waals surface area contributed by atoms with Crippen molar-refractivity contribution in [3.05, 3.63) is 35.4 Å². The predicted octanol–water partition coefficient (Wildman–Crippen LogP) is 3.28. The van der Waals surface area contributed by atoms with Gasteiger partial charge in [0.1, 0.15) is 0 Å². The zero-order chi connectivity index (χ0) is 17.1. The van der Waals surface area contributed by atoms with E-state index in [1.165, 1.54) is 5.56 Å². The zero-order valence-electron chi connectivity index (χ0n) is 14.8. The fraction of sp³-hybridized carbons (Fsp3) is 0.600. The van der Waals surface area contributed by atoms with Crippen molar-refractivity contribution < 1.29 is 9.59 Å². The second-order valence-corrected chi connectivity index (χ2v) is 7.18. The van der Waals surface area contributed by atoms with Gasteiger partial charge in [0.15, 0.2) is 0 Å². The molecule has 0 N–H and O–H groups in total. The Labute approximate surface area is 144 Å². The third kappa shape index (κ3) is 3.80. The summed E-state index contributed by atoms with van der Waals surface area (Å²) in [5, 5.41) is 0. The van der Waals surface area contributed by atoms with Gasteiger partial charge in [-0.05, 0) is 49.3 Å². The van der Waals surface area contributed by atoms with Crippen LogP contribution in [0, 0.1) is 5.92 Å². The number of rotatable bonds is 4. The zero-order valence-corrected chi connectivity index (χ0v) is 14.8. The molecule has 24 heavy (non-hydrogen) atoms. The van der Waals surface area contributed by atoms with E-state index in [1.807, 2.05) is 21.9 Å². The lowest BCUT2D eigenvalue weighted by Crippen LogP contribution is -2.37. The van der Waals surface area contributed by atoms with Gasteiger partial charge in [0, 0.05) is 37.7 Å². The van der Waals surface area contributed by atoms with Crippen LogP contribution in [0.4, 0.5) is 0 Å². The summed E-state index contributed by atoms with van der Waals surface area (Å²) in [4.78, 5) is 28.8. The number of hydrogen-bond acceptors (Lipinski definition) is 2. The van der Waals surface area contributed by atoms with Crippen LogP contribution >= 0.6 is 0 Å². The van der Waals surface area contributed by atoms with Crippen LogP contribution in [0.25, 0.3) is 0 Å². The molecule has 4 nitrogen and oxygen atoms in total. The molecule has 0 spiro atoms. The average Bonchev–Trinajstić information content (AvgIpc) is 3.46. The van der Waals surface area contributed by atoms with Gasteiger partial charge < -0.3 is 9.80 Å². The van der Waals surface area contributed by atoms with E-state index in [1.54, 1.807) is 0 Å². The molecule has 1 saturated heterocycles. The molecule has 3 rings (SSSR count). The molecule has 2 amide bonds. The maximum atomic E-state index is 12.7. The Balaban J connectivity index is 1.61. The first-order valence-electron chi connectivity index (χ1n) is 9.28. The largest absolute Gasteiger partial charge is 0.341 e. The maximum absolute atomic E-state index is 12.7. The van der Waals surface area contributed by atoms with Crippen LogP contribution in [-0.4, -0.2) is 47.8 Å². The van der Waals surface area contributed by atoms with Crippen molar-refractivity contribution in [2.75, 3.05) is 26.2 Å². The van der Waals surface area contributed by atoms with Gasteiger partial charge in [-0.2, -0.15) is 0 Å². The van der Waals surface area contributed by atoms with Gasteiger partial charge in [0.05, 0.1) is 0 Å². The molecule has 1 saturated carbocycles. The third-order valence-corrected chi connectivity index (χ3v) is 5.36. The number of hydrogen-bond donors (Lipinski definition) is 0. The summed E-state index contributed by atoms with van der Waals surface area (Å²) in [5.41, 5.74) is 2.04. The van der Waals surface area contributed by atoms with Crippen LogP contribution in [0.5, 0.6) is 0 Å². The molecule has 1 aliphatic carbocycles. The number of nitrogens with zero attached hydrogens (tertiary/aromatic N) is 2. The van der Waals surface area contributed by atoms with Crippen molar-refractivity contribution in [1.29, 1.82) is 0 Å². The average molecular weight is 328 g/mol.